The van der Waals surface area contributed by atoms with Crippen LogP contribution in [0.2, 0.25) is 0 Å². The number of ether oxygens (including phenoxy) is 1. The number of carbonyl (C=O) groups excluding carboxylic acids is 1. The van der Waals surface area contributed by atoms with Gasteiger partial charge in [0.15, 0.2) is 0 Å². The molecule has 0 aliphatic carbocycles. The molecule has 0 radical (unpaired) electrons. The highest BCUT2D eigenvalue weighted by Crippen LogP contribution is 2.15. The molecule has 0 bridgehead atoms. The zero-order valence-electron chi connectivity index (χ0n) is 12.6. The van der Waals surface area contributed by atoms with Crippen LogP contribution in [0.5, 0.6) is 5.75 Å². The molecule has 0 aliphatic heterocycles. The van der Waals surface area contributed by atoms with Gasteiger partial charge in [-0.2, -0.15) is 0 Å². The third-order valence-electron chi connectivity index (χ3n) is 2.81. The van der Waals surface area contributed by atoms with E-state index >= 15 is 0 Å². The van der Waals surface area contributed by atoms with Crippen molar-refractivity contribution in [2.45, 2.75) is 20.4 Å². The van der Waals surface area contributed by atoms with Crippen molar-refractivity contribution in [3.8, 4) is 5.75 Å². The summed E-state index contributed by atoms with van der Waals surface area (Å²) in [6, 6.07) is 6.04. The Morgan fingerprint density at radius 1 is 1.32 bits per heavy atom. The number of nitrogens with two attached hydrogens (primary N) is 1. The minimum atomic E-state index is -0.199. The van der Waals surface area contributed by atoms with Gasteiger partial charge in [-0.15, -0.1) is 23.7 Å². The zero-order valence-corrected chi connectivity index (χ0v) is 14.2. The summed E-state index contributed by atoms with van der Waals surface area (Å²) in [6.45, 7) is 5.26. The van der Waals surface area contributed by atoms with Crippen molar-refractivity contribution in [3.05, 3.63) is 45.4 Å². The Kier molecular flexibility index (Phi) is 7.31. The van der Waals surface area contributed by atoms with E-state index in [9.17, 15) is 4.79 Å². The number of rotatable bonds is 6. The van der Waals surface area contributed by atoms with Gasteiger partial charge in [0.25, 0.3) is 5.91 Å². The number of nitrogens with zero attached hydrogens (tertiary/aromatic N) is 1. The Labute approximate surface area is 140 Å². The molecule has 1 aromatic heterocycles. The molecular formula is C15H20ClN3O2S. The van der Waals surface area contributed by atoms with Crippen LogP contribution in [0, 0.1) is 13.8 Å². The van der Waals surface area contributed by atoms with E-state index in [0.717, 1.165) is 21.9 Å². The lowest BCUT2D eigenvalue weighted by molar-refractivity contribution is 0.0942. The van der Waals surface area contributed by atoms with Crippen LogP contribution in [0.4, 0.5) is 0 Å². The van der Waals surface area contributed by atoms with Gasteiger partial charge >= 0.3 is 0 Å². The molecule has 120 valence electrons. The number of amides is 1. The molecule has 7 heteroatoms. The molecule has 3 N–H and O–H groups in total. The third kappa shape index (κ3) is 5.29. The summed E-state index contributed by atoms with van der Waals surface area (Å²) in [4.78, 5) is 16.0. The summed E-state index contributed by atoms with van der Waals surface area (Å²) in [6.07, 6.45) is 0. The quantitative estimate of drug-likeness (QED) is 0.791. The van der Waals surface area contributed by atoms with Gasteiger partial charge in [-0.05, 0) is 37.1 Å². The largest absolute Gasteiger partial charge is 0.492 e. The van der Waals surface area contributed by atoms with E-state index in [4.69, 9.17) is 10.5 Å². The van der Waals surface area contributed by atoms with Gasteiger partial charge in [0.05, 0.1) is 6.54 Å². The fourth-order valence-electron chi connectivity index (χ4n) is 1.95. The van der Waals surface area contributed by atoms with Crippen molar-refractivity contribution < 1.29 is 9.53 Å². The lowest BCUT2D eigenvalue weighted by Gasteiger charge is -2.08. The summed E-state index contributed by atoms with van der Waals surface area (Å²) < 4.78 is 5.63. The lowest BCUT2D eigenvalue weighted by Crippen LogP contribution is -2.28. The second-order valence-corrected chi connectivity index (χ2v) is 5.70. The zero-order chi connectivity index (χ0) is 15.2. The number of hydrogen-bond acceptors (Lipinski definition) is 5. The fraction of sp³-hybridized carbons (Fsp3) is 0.333. The van der Waals surface area contributed by atoms with Crippen LogP contribution >= 0.6 is 23.7 Å². The highest BCUT2D eigenvalue weighted by Gasteiger charge is 2.09. The molecule has 1 amide bonds. The fourth-order valence-corrected chi connectivity index (χ4v) is 2.60. The normalized spacial score (nSPS) is 9.95. The van der Waals surface area contributed by atoms with Crippen LogP contribution in [-0.4, -0.2) is 24.0 Å². The van der Waals surface area contributed by atoms with Crippen molar-refractivity contribution in [2.24, 2.45) is 5.73 Å². The molecule has 2 aromatic rings. The van der Waals surface area contributed by atoms with E-state index in [0.29, 0.717) is 25.4 Å². The van der Waals surface area contributed by atoms with E-state index in [1.54, 1.807) is 5.38 Å². The van der Waals surface area contributed by atoms with Crippen molar-refractivity contribution in [2.75, 3.05) is 13.2 Å². The first kappa shape index (κ1) is 18.4. The van der Waals surface area contributed by atoms with Crippen LogP contribution in [-0.2, 0) is 6.54 Å². The molecule has 0 atom stereocenters. The van der Waals surface area contributed by atoms with Crippen molar-refractivity contribution in [1.82, 2.24) is 10.3 Å². The van der Waals surface area contributed by atoms with Crippen molar-refractivity contribution in [3.63, 3.8) is 0 Å². The number of carbonyl (C=O) groups is 1. The molecule has 0 spiro atoms. The molecule has 22 heavy (non-hydrogen) atoms. The Balaban J connectivity index is 0.00000242. The maximum atomic E-state index is 11.8. The Morgan fingerprint density at radius 2 is 2.00 bits per heavy atom. The van der Waals surface area contributed by atoms with Crippen LogP contribution in [0.25, 0.3) is 0 Å². The molecular weight excluding hydrogens is 322 g/mol. The predicted octanol–water partition coefficient (Wildman–Crippen LogP) is 2.45. The smallest absolute Gasteiger partial charge is 0.270 e. The van der Waals surface area contributed by atoms with Crippen LogP contribution in [0.15, 0.2) is 23.6 Å². The van der Waals surface area contributed by atoms with E-state index in [1.165, 1.54) is 11.3 Å². The highest BCUT2D eigenvalue weighted by molar-refractivity contribution is 7.09. The molecule has 0 aliphatic rings. The molecule has 5 nitrogen and oxygen atoms in total. The number of thiazole rings is 1. The predicted molar refractivity (Wildman–Crippen MR) is 91.0 cm³/mol. The average molecular weight is 342 g/mol. The van der Waals surface area contributed by atoms with Gasteiger partial charge in [-0.3, -0.25) is 4.79 Å². The Morgan fingerprint density at radius 3 is 2.59 bits per heavy atom. The van der Waals surface area contributed by atoms with Crippen LogP contribution in [0.1, 0.15) is 26.6 Å². The summed E-state index contributed by atoms with van der Waals surface area (Å²) >= 11 is 1.39. The maximum Gasteiger partial charge on any atom is 0.270 e. The second-order valence-electron chi connectivity index (χ2n) is 4.76. The topological polar surface area (TPSA) is 77.2 Å². The summed E-state index contributed by atoms with van der Waals surface area (Å²) in [5.74, 6) is 0.621. The first-order valence-electron chi connectivity index (χ1n) is 6.72. The van der Waals surface area contributed by atoms with E-state index in [1.807, 2.05) is 26.0 Å². The van der Waals surface area contributed by atoms with Crippen LogP contribution < -0.4 is 15.8 Å². The monoisotopic (exact) mass is 341 g/mol. The highest BCUT2D eigenvalue weighted by atomic mass is 35.5. The molecule has 0 unspecified atom stereocenters. The number of nitrogens with one attached hydrogen (secondary N) is 1. The van der Waals surface area contributed by atoms with Gasteiger partial charge < -0.3 is 15.8 Å². The standard InChI is InChI=1S/C15H19N3O2S.ClH/c1-10-5-11(2)7-12(6-10)20-4-3-17-15(19)13-9-21-14(8-16)18-13;/h5-7,9H,3-4,8,16H2,1-2H3,(H,17,19);1H. The van der Waals surface area contributed by atoms with E-state index in [-0.39, 0.29) is 18.3 Å². The van der Waals surface area contributed by atoms with Crippen LogP contribution in [0.3, 0.4) is 0 Å². The van der Waals surface area contributed by atoms with Gasteiger partial charge in [-0.1, -0.05) is 6.07 Å². The number of hydrogen-bond donors (Lipinski definition) is 2. The first-order valence-corrected chi connectivity index (χ1v) is 7.60. The molecule has 1 aromatic carbocycles. The number of halogens is 1. The molecule has 0 saturated carbocycles. The number of aryl methyl sites for hydroxylation is 2. The van der Waals surface area contributed by atoms with Crippen molar-refractivity contribution >= 4 is 29.7 Å². The minimum Gasteiger partial charge on any atom is -0.492 e. The maximum absolute atomic E-state index is 11.8. The Hall–Kier alpha value is -1.63. The average Bonchev–Trinajstić information content (AvgIpc) is 2.91. The SMILES string of the molecule is Cc1cc(C)cc(OCCNC(=O)c2csc(CN)n2)c1.Cl. The lowest BCUT2D eigenvalue weighted by atomic mass is 10.1. The van der Waals surface area contributed by atoms with Gasteiger partial charge in [0.2, 0.25) is 0 Å². The number of benzene rings is 1. The second kappa shape index (κ2) is 8.73. The van der Waals surface area contributed by atoms with Gasteiger partial charge in [0.1, 0.15) is 23.1 Å². The van der Waals surface area contributed by atoms with Crippen molar-refractivity contribution in [1.29, 1.82) is 0 Å². The van der Waals surface area contributed by atoms with E-state index < -0.39 is 0 Å². The molecule has 1 heterocycles. The molecule has 0 fully saturated rings. The number of aromatic nitrogens is 1. The summed E-state index contributed by atoms with van der Waals surface area (Å²) in [5, 5.41) is 5.24. The Bertz CT molecular complexity index is 611. The third-order valence-corrected chi connectivity index (χ3v) is 3.68. The summed E-state index contributed by atoms with van der Waals surface area (Å²) in [7, 11) is 0. The molecule has 0 saturated heterocycles. The first-order chi connectivity index (χ1) is 10.1. The summed E-state index contributed by atoms with van der Waals surface area (Å²) in [5.41, 5.74) is 8.20. The van der Waals surface area contributed by atoms with Gasteiger partial charge in [0, 0.05) is 11.9 Å². The minimum absolute atomic E-state index is 0. The molecule has 2 rings (SSSR count). The van der Waals surface area contributed by atoms with E-state index in [2.05, 4.69) is 16.4 Å². The van der Waals surface area contributed by atoms with Gasteiger partial charge in [-0.25, -0.2) is 4.98 Å².